The Bertz CT molecular complexity index is 132. The molecule has 0 atom stereocenters. The summed E-state index contributed by atoms with van der Waals surface area (Å²) in [6.45, 7) is 24.9. The zero-order valence-corrected chi connectivity index (χ0v) is 18.5. The third kappa shape index (κ3) is 117. The maximum atomic E-state index is 7.00. The van der Waals surface area contributed by atoms with Crippen molar-refractivity contribution in [2.45, 2.75) is 102 Å². The van der Waals surface area contributed by atoms with E-state index in [9.17, 15) is 0 Å². The van der Waals surface area contributed by atoms with Crippen LogP contribution in [-0.2, 0) is 4.74 Å². The fourth-order valence-electron chi connectivity index (χ4n) is 0.704. The quantitative estimate of drug-likeness (QED) is 0.560. The maximum absolute atomic E-state index is 7.00. The maximum Gasteiger partial charge on any atom is 0.0622 e. The van der Waals surface area contributed by atoms with Gasteiger partial charge in [0.15, 0.2) is 0 Å². The van der Waals surface area contributed by atoms with Crippen molar-refractivity contribution < 1.29 is 9.84 Å². The van der Waals surface area contributed by atoms with Crippen molar-refractivity contribution in [3.05, 3.63) is 12.2 Å². The number of methoxy groups -OCH3 is 1. The molecule has 142 valence electrons. The molecule has 1 N–H and O–H groups in total. The number of hydrogen-bond acceptors (Lipinski definition) is 2. The fraction of sp³-hybridized carbons (Fsp3) is 0.900. The Hall–Kier alpha value is -0.340. The van der Waals surface area contributed by atoms with Crippen LogP contribution in [0.5, 0.6) is 0 Å². The molecule has 0 aromatic heterocycles. The Morgan fingerprint density at radius 2 is 1.14 bits per heavy atom. The summed E-state index contributed by atoms with van der Waals surface area (Å²) in [6, 6.07) is 0. The van der Waals surface area contributed by atoms with E-state index >= 15 is 0 Å². The summed E-state index contributed by atoms with van der Waals surface area (Å²) >= 11 is 0. The summed E-state index contributed by atoms with van der Waals surface area (Å²) < 4.78 is 5.18. The topological polar surface area (TPSA) is 29.5 Å². The van der Waals surface area contributed by atoms with Crippen LogP contribution in [-0.4, -0.2) is 24.9 Å². The molecule has 0 spiro atoms. The highest BCUT2D eigenvalue weighted by Crippen LogP contribution is 2.13. The molecular formula is C20H50O2. The van der Waals surface area contributed by atoms with E-state index < -0.39 is 0 Å². The molecule has 0 aromatic rings. The van der Waals surface area contributed by atoms with Crippen molar-refractivity contribution in [1.29, 1.82) is 0 Å². The summed E-state index contributed by atoms with van der Waals surface area (Å²) in [7, 11) is 2.76. The van der Waals surface area contributed by atoms with Crippen LogP contribution >= 0.6 is 0 Å². The van der Waals surface area contributed by atoms with Gasteiger partial charge in [-0.1, -0.05) is 74.0 Å². The van der Waals surface area contributed by atoms with Crippen molar-refractivity contribution in [3.8, 4) is 0 Å². The SMILES string of the molecule is C/C=C\C.CC.CC.CC(C)C.CCCC(C)(C)OC.CO. The number of rotatable bonds is 3. The zero-order chi connectivity index (χ0) is 19.6. The first kappa shape index (κ1) is 37.7. The van der Waals surface area contributed by atoms with Crippen LogP contribution in [0.1, 0.15) is 95.9 Å². The summed E-state index contributed by atoms with van der Waals surface area (Å²) in [5.41, 5.74) is 0.0920. The monoisotopic (exact) mass is 322 g/mol. The predicted octanol–water partition coefficient (Wildman–Crippen LogP) is 7.12. The van der Waals surface area contributed by atoms with Crippen molar-refractivity contribution in [2.75, 3.05) is 14.2 Å². The van der Waals surface area contributed by atoms with Gasteiger partial charge in [-0.3, -0.25) is 0 Å². The van der Waals surface area contributed by atoms with Gasteiger partial charge in [-0.05, 0) is 40.0 Å². The lowest BCUT2D eigenvalue weighted by Gasteiger charge is -2.21. The van der Waals surface area contributed by atoms with Gasteiger partial charge >= 0.3 is 0 Å². The second kappa shape index (κ2) is 42.8. The molecule has 0 aromatic carbocycles. The minimum atomic E-state index is 0.0920. The Kier molecular flexibility index (Phi) is 73.3. The van der Waals surface area contributed by atoms with Gasteiger partial charge in [0, 0.05) is 14.2 Å². The Balaban J connectivity index is -0.0000000393. The standard InChI is InChI=1S/C7H16O.C4H10.C4H8.2C2H6.CH4O/c1-5-6-7(2,3)8-4;1-4(2)3;1-3-4-2;3*1-2/h5-6H2,1-4H3;4H,1-3H3;3-4H,1-2H3;2*1-2H3;2H,1H3/b;;4-3-;;;. The molecule has 2 nitrogen and oxygen atoms in total. The normalized spacial score (nSPS) is 8.55. The number of aliphatic hydroxyl groups excluding tert-OH is 1. The van der Waals surface area contributed by atoms with Crippen LogP contribution in [0.15, 0.2) is 12.2 Å². The highest BCUT2D eigenvalue weighted by molar-refractivity contribution is 4.68. The van der Waals surface area contributed by atoms with Crippen LogP contribution in [0.25, 0.3) is 0 Å². The second-order valence-electron chi connectivity index (χ2n) is 5.11. The van der Waals surface area contributed by atoms with Gasteiger partial charge in [0.25, 0.3) is 0 Å². The fourth-order valence-corrected chi connectivity index (χ4v) is 0.704. The third-order valence-corrected chi connectivity index (χ3v) is 1.74. The number of allylic oxidation sites excluding steroid dienone is 2. The smallest absolute Gasteiger partial charge is 0.0622 e. The van der Waals surface area contributed by atoms with Gasteiger partial charge in [-0.15, -0.1) is 0 Å². The van der Waals surface area contributed by atoms with Gasteiger partial charge in [-0.25, -0.2) is 0 Å². The van der Waals surface area contributed by atoms with Crippen LogP contribution in [0, 0.1) is 5.92 Å². The summed E-state index contributed by atoms with van der Waals surface area (Å²) in [5, 5.41) is 7.00. The van der Waals surface area contributed by atoms with E-state index in [1.165, 1.54) is 6.42 Å². The molecule has 0 unspecified atom stereocenters. The molecule has 0 aliphatic carbocycles. The Morgan fingerprint density at radius 1 is 0.909 bits per heavy atom. The van der Waals surface area contributed by atoms with E-state index in [1.807, 2.05) is 53.7 Å². The lowest BCUT2D eigenvalue weighted by atomic mass is 10.0. The predicted molar refractivity (Wildman–Crippen MR) is 108 cm³/mol. The van der Waals surface area contributed by atoms with Gasteiger partial charge in [0.05, 0.1) is 5.60 Å². The van der Waals surface area contributed by atoms with E-state index in [0.717, 1.165) is 19.4 Å². The molecule has 22 heavy (non-hydrogen) atoms. The van der Waals surface area contributed by atoms with Gasteiger partial charge in [-0.2, -0.15) is 0 Å². The molecule has 0 saturated heterocycles. The van der Waals surface area contributed by atoms with Crippen molar-refractivity contribution >= 4 is 0 Å². The van der Waals surface area contributed by atoms with Gasteiger partial charge < -0.3 is 9.84 Å². The summed E-state index contributed by atoms with van der Waals surface area (Å²) in [6.07, 6.45) is 6.34. The number of hydrogen-bond donors (Lipinski definition) is 1. The molecule has 0 rings (SSSR count). The molecule has 2 heteroatoms. The van der Waals surface area contributed by atoms with Gasteiger partial charge in [0.1, 0.15) is 0 Å². The highest BCUT2D eigenvalue weighted by atomic mass is 16.5. The van der Waals surface area contributed by atoms with Crippen molar-refractivity contribution in [1.82, 2.24) is 0 Å². The average Bonchev–Trinajstić information content (AvgIpc) is 2.53. The minimum absolute atomic E-state index is 0.0920. The average molecular weight is 323 g/mol. The minimum Gasteiger partial charge on any atom is -0.400 e. The van der Waals surface area contributed by atoms with E-state index in [2.05, 4.69) is 41.5 Å². The Morgan fingerprint density at radius 3 is 1.18 bits per heavy atom. The molecule has 0 radical (unpaired) electrons. The summed E-state index contributed by atoms with van der Waals surface area (Å²) in [5.74, 6) is 0.833. The lowest BCUT2D eigenvalue weighted by Crippen LogP contribution is -2.21. The molecule has 0 saturated carbocycles. The second-order valence-corrected chi connectivity index (χ2v) is 5.11. The highest BCUT2D eigenvalue weighted by Gasteiger charge is 2.13. The van der Waals surface area contributed by atoms with Crippen LogP contribution in [0.2, 0.25) is 0 Å². The van der Waals surface area contributed by atoms with E-state index in [0.29, 0.717) is 0 Å². The number of ether oxygens (including phenoxy) is 1. The van der Waals surface area contributed by atoms with E-state index in [4.69, 9.17) is 9.84 Å². The first-order valence-corrected chi connectivity index (χ1v) is 8.84. The molecule has 0 fully saturated rings. The Labute approximate surface area is 144 Å². The van der Waals surface area contributed by atoms with Crippen LogP contribution in [0.3, 0.4) is 0 Å². The lowest BCUT2D eigenvalue weighted by molar-refractivity contribution is 0.0149. The van der Waals surface area contributed by atoms with Crippen molar-refractivity contribution in [3.63, 3.8) is 0 Å². The molecule has 0 heterocycles. The summed E-state index contributed by atoms with van der Waals surface area (Å²) in [4.78, 5) is 0. The largest absolute Gasteiger partial charge is 0.400 e. The van der Waals surface area contributed by atoms with Gasteiger partial charge in [0.2, 0.25) is 0 Å². The molecule has 0 bridgehead atoms. The molecule has 0 amide bonds. The number of aliphatic hydroxyl groups is 1. The molecule has 0 aliphatic heterocycles. The first-order chi connectivity index (χ1) is 10.3. The van der Waals surface area contributed by atoms with Crippen LogP contribution < -0.4 is 0 Å². The van der Waals surface area contributed by atoms with Crippen LogP contribution in [0.4, 0.5) is 0 Å². The van der Waals surface area contributed by atoms with E-state index in [1.54, 1.807) is 7.11 Å². The third-order valence-electron chi connectivity index (χ3n) is 1.74. The zero-order valence-electron chi connectivity index (χ0n) is 18.5. The van der Waals surface area contributed by atoms with E-state index in [-0.39, 0.29) is 5.60 Å². The molecular weight excluding hydrogens is 272 g/mol. The molecule has 0 aliphatic rings. The van der Waals surface area contributed by atoms with Crippen molar-refractivity contribution in [2.24, 2.45) is 5.92 Å². The first-order valence-electron chi connectivity index (χ1n) is 8.84.